The second kappa shape index (κ2) is 9.82. The van der Waals surface area contributed by atoms with Gasteiger partial charge in [0.1, 0.15) is 5.82 Å². The van der Waals surface area contributed by atoms with Gasteiger partial charge in [-0.3, -0.25) is 4.79 Å². The Hall–Kier alpha value is -1.22. The van der Waals surface area contributed by atoms with E-state index in [1.54, 1.807) is 12.1 Å². The highest BCUT2D eigenvalue weighted by Gasteiger charge is 2.30. The van der Waals surface area contributed by atoms with Gasteiger partial charge in [-0.1, -0.05) is 18.2 Å². The minimum Gasteiger partial charge on any atom is -0.354 e. The molecule has 0 saturated carbocycles. The normalized spacial score (nSPS) is 23.6. The van der Waals surface area contributed by atoms with Crippen molar-refractivity contribution in [1.29, 1.82) is 0 Å². The number of hydrogen-bond acceptors (Lipinski definition) is 4. The summed E-state index contributed by atoms with van der Waals surface area (Å²) in [4.78, 5) is 12.1. The highest BCUT2D eigenvalue weighted by molar-refractivity contribution is 7.88. The van der Waals surface area contributed by atoms with Gasteiger partial charge in [0.05, 0.1) is 11.8 Å². The summed E-state index contributed by atoms with van der Waals surface area (Å²) in [5.41, 5.74) is 0.190. The lowest BCUT2D eigenvalue weighted by Crippen LogP contribution is -2.46. The molecule has 152 valence electrons. The molecule has 2 atom stereocenters. The number of nitrogens with zero attached hydrogens (tertiary/aromatic N) is 1. The second-order valence-corrected chi connectivity index (χ2v) is 9.08. The maximum absolute atomic E-state index is 13.8. The fourth-order valence-corrected chi connectivity index (χ4v) is 5.28. The van der Waals surface area contributed by atoms with Gasteiger partial charge in [-0.05, 0) is 44.2 Å². The van der Waals surface area contributed by atoms with Crippen molar-refractivity contribution < 1.29 is 17.6 Å². The van der Waals surface area contributed by atoms with E-state index in [2.05, 4.69) is 10.6 Å². The summed E-state index contributed by atoms with van der Waals surface area (Å²) in [6, 6.07) is 5.84. The molecule has 2 unspecified atom stereocenters. The van der Waals surface area contributed by atoms with E-state index in [1.165, 1.54) is 16.4 Å². The Labute approximate surface area is 166 Å². The molecule has 2 fully saturated rings. The molecule has 1 amide bonds. The third-order valence-electron chi connectivity index (χ3n) is 5.11. The van der Waals surface area contributed by atoms with E-state index >= 15 is 0 Å². The van der Waals surface area contributed by atoms with Gasteiger partial charge in [-0.15, -0.1) is 12.4 Å². The Morgan fingerprint density at radius 1 is 1.26 bits per heavy atom. The smallest absolute Gasteiger partial charge is 0.237 e. The number of amides is 1. The summed E-state index contributed by atoms with van der Waals surface area (Å²) >= 11 is 0. The molecule has 0 aromatic heterocycles. The van der Waals surface area contributed by atoms with Crippen LogP contribution in [-0.4, -0.2) is 50.9 Å². The monoisotopic (exact) mass is 419 g/mol. The van der Waals surface area contributed by atoms with Crippen molar-refractivity contribution in [2.24, 2.45) is 5.92 Å². The van der Waals surface area contributed by atoms with Crippen molar-refractivity contribution in [3.63, 3.8) is 0 Å². The first-order valence-electron chi connectivity index (χ1n) is 9.18. The largest absolute Gasteiger partial charge is 0.354 e. The highest BCUT2D eigenvalue weighted by atomic mass is 35.5. The number of benzene rings is 1. The molecular formula is C18H27ClFN3O3S. The maximum atomic E-state index is 13.8. The molecule has 0 bridgehead atoms. The lowest BCUT2D eigenvalue weighted by molar-refractivity contribution is -0.123. The van der Waals surface area contributed by atoms with Crippen LogP contribution in [0, 0.1) is 11.7 Å². The van der Waals surface area contributed by atoms with Gasteiger partial charge in [0.2, 0.25) is 15.9 Å². The van der Waals surface area contributed by atoms with E-state index in [0.29, 0.717) is 19.6 Å². The van der Waals surface area contributed by atoms with Crippen LogP contribution in [-0.2, 0) is 20.6 Å². The Morgan fingerprint density at radius 2 is 2.04 bits per heavy atom. The molecule has 3 rings (SSSR count). The summed E-state index contributed by atoms with van der Waals surface area (Å²) in [6.07, 6.45) is 3.48. The average molecular weight is 420 g/mol. The first kappa shape index (κ1) is 22.1. The molecule has 2 saturated heterocycles. The average Bonchev–Trinajstić information content (AvgIpc) is 3.17. The van der Waals surface area contributed by atoms with Gasteiger partial charge in [-0.25, -0.2) is 17.1 Å². The molecule has 0 aliphatic carbocycles. The number of sulfonamides is 1. The number of hydrogen-bond donors (Lipinski definition) is 2. The van der Waals surface area contributed by atoms with Crippen molar-refractivity contribution in [2.75, 3.05) is 26.2 Å². The number of nitrogens with one attached hydrogen (secondary N) is 2. The Kier molecular flexibility index (Phi) is 8.03. The fraction of sp³-hybridized carbons (Fsp3) is 0.611. The van der Waals surface area contributed by atoms with E-state index < -0.39 is 15.8 Å². The topological polar surface area (TPSA) is 78.5 Å². The number of rotatable bonds is 6. The number of carbonyl (C=O) groups excluding carboxylic acids is 1. The minimum atomic E-state index is -3.58. The van der Waals surface area contributed by atoms with Crippen LogP contribution in [0.1, 0.15) is 31.2 Å². The van der Waals surface area contributed by atoms with Gasteiger partial charge >= 0.3 is 0 Å². The molecule has 27 heavy (non-hydrogen) atoms. The lowest BCUT2D eigenvalue weighted by atomic mass is 9.99. The molecule has 2 aliphatic rings. The summed E-state index contributed by atoms with van der Waals surface area (Å²) < 4.78 is 40.5. The van der Waals surface area contributed by atoms with Crippen LogP contribution in [0.4, 0.5) is 4.39 Å². The zero-order chi connectivity index (χ0) is 18.6. The van der Waals surface area contributed by atoms with Crippen molar-refractivity contribution >= 4 is 28.3 Å². The maximum Gasteiger partial charge on any atom is 0.237 e. The minimum absolute atomic E-state index is 0. The molecular weight excluding hydrogens is 393 g/mol. The van der Waals surface area contributed by atoms with Crippen LogP contribution in [0.3, 0.4) is 0 Å². The van der Waals surface area contributed by atoms with E-state index in [-0.39, 0.29) is 41.6 Å². The number of halogens is 2. The summed E-state index contributed by atoms with van der Waals surface area (Å²) in [6.45, 7) is 2.16. The van der Waals surface area contributed by atoms with Gasteiger partial charge in [0.15, 0.2) is 0 Å². The molecule has 0 radical (unpaired) electrons. The molecule has 9 heteroatoms. The molecule has 2 aliphatic heterocycles. The SMILES string of the molecule is Cl.O=C(NCC1CCCN(S(=O)(=O)Cc2ccccc2F)C1)C1CCCN1. The quantitative estimate of drug-likeness (QED) is 0.735. The Morgan fingerprint density at radius 3 is 2.74 bits per heavy atom. The third kappa shape index (κ3) is 5.88. The van der Waals surface area contributed by atoms with Gasteiger partial charge in [-0.2, -0.15) is 0 Å². The van der Waals surface area contributed by atoms with Crippen molar-refractivity contribution in [2.45, 2.75) is 37.5 Å². The Bertz CT molecular complexity index is 741. The molecule has 6 nitrogen and oxygen atoms in total. The Balaban J connectivity index is 0.00000261. The fourth-order valence-electron chi connectivity index (χ4n) is 3.63. The predicted molar refractivity (Wildman–Crippen MR) is 105 cm³/mol. The third-order valence-corrected chi connectivity index (χ3v) is 6.91. The summed E-state index contributed by atoms with van der Waals surface area (Å²) in [5.74, 6) is -0.746. The van der Waals surface area contributed by atoms with Crippen LogP contribution < -0.4 is 10.6 Å². The first-order valence-corrected chi connectivity index (χ1v) is 10.8. The number of piperidine rings is 1. The highest BCUT2D eigenvalue weighted by Crippen LogP contribution is 2.22. The molecule has 1 aromatic carbocycles. The summed E-state index contributed by atoms with van der Waals surface area (Å²) in [7, 11) is -3.58. The van der Waals surface area contributed by atoms with Gasteiger partial charge in [0, 0.05) is 25.2 Å². The molecule has 1 aromatic rings. The summed E-state index contributed by atoms with van der Waals surface area (Å²) in [5, 5.41) is 6.10. The van der Waals surface area contributed by atoms with Crippen LogP contribution in [0.25, 0.3) is 0 Å². The van der Waals surface area contributed by atoms with Gasteiger partial charge < -0.3 is 10.6 Å². The molecule has 0 spiro atoms. The van der Waals surface area contributed by atoms with E-state index in [0.717, 1.165) is 32.2 Å². The molecule has 2 heterocycles. The second-order valence-electron chi connectivity index (χ2n) is 7.11. The van der Waals surface area contributed by atoms with Gasteiger partial charge in [0.25, 0.3) is 0 Å². The van der Waals surface area contributed by atoms with Crippen LogP contribution in [0.2, 0.25) is 0 Å². The zero-order valence-electron chi connectivity index (χ0n) is 15.2. The predicted octanol–water partition coefficient (Wildman–Crippen LogP) is 1.66. The first-order chi connectivity index (χ1) is 12.5. The lowest BCUT2D eigenvalue weighted by Gasteiger charge is -2.32. The van der Waals surface area contributed by atoms with Crippen LogP contribution in [0.15, 0.2) is 24.3 Å². The standard InChI is InChI=1S/C18H26FN3O3S.ClH/c19-16-7-2-1-6-15(16)13-26(24,25)22-10-4-5-14(12-22)11-21-18(23)17-8-3-9-20-17;/h1-2,6-7,14,17,20H,3-5,8-13H2,(H,21,23);1H. The van der Waals surface area contributed by atoms with Crippen LogP contribution >= 0.6 is 12.4 Å². The number of carbonyl (C=O) groups is 1. The van der Waals surface area contributed by atoms with Crippen molar-refractivity contribution in [3.05, 3.63) is 35.6 Å². The van der Waals surface area contributed by atoms with Crippen molar-refractivity contribution in [3.8, 4) is 0 Å². The molecule has 2 N–H and O–H groups in total. The van der Waals surface area contributed by atoms with E-state index in [1.807, 2.05) is 0 Å². The van der Waals surface area contributed by atoms with E-state index in [4.69, 9.17) is 0 Å². The van der Waals surface area contributed by atoms with Crippen LogP contribution in [0.5, 0.6) is 0 Å². The van der Waals surface area contributed by atoms with E-state index in [9.17, 15) is 17.6 Å². The zero-order valence-corrected chi connectivity index (χ0v) is 16.8. The van der Waals surface area contributed by atoms with Crippen molar-refractivity contribution in [1.82, 2.24) is 14.9 Å².